The second-order valence-corrected chi connectivity index (χ2v) is 13.4. The fourth-order valence-corrected chi connectivity index (χ4v) is 9.20. The van der Waals surface area contributed by atoms with Crippen LogP contribution in [0, 0.1) is 46.3 Å². The van der Waals surface area contributed by atoms with E-state index in [2.05, 4.69) is 47.6 Å². The van der Waals surface area contributed by atoms with Crippen LogP contribution >= 0.6 is 0 Å². The van der Waals surface area contributed by atoms with Crippen molar-refractivity contribution >= 4 is 5.97 Å². The number of carbonyl (C=O) groups excluding carboxylic acids is 1. The third-order valence-electron chi connectivity index (χ3n) is 11.0. The summed E-state index contributed by atoms with van der Waals surface area (Å²) in [6.07, 6.45) is 18.8. The topological polar surface area (TPSA) is 26.3 Å². The summed E-state index contributed by atoms with van der Waals surface area (Å²) in [5.41, 5.74) is 2.54. The predicted molar refractivity (Wildman–Crippen MR) is 138 cm³/mol. The van der Waals surface area contributed by atoms with Gasteiger partial charge in [-0.05, 0) is 97.7 Å². The maximum Gasteiger partial charge on any atom is 0.306 e. The molecule has 0 saturated heterocycles. The van der Waals surface area contributed by atoms with Gasteiger partial charge in [0.2, 0.25) is 0 Å². The summed E-state index contributed by atoms with van der Waals surface area (Å²) in [6, 6.07) is 0. The van der Waals surface area contributed by atoms with Crippen molar-refractivity contribution in [3.05, 3.63) is 11.6 Å². The van der Waals surface area contributed by atoms with E-state index in [9.17, 15) is 4.79 Å². The Morgan fingerprint density at radius 1 is 1.06 bits per heavy atom. The molecule has 33 heavy (non-hydrogen) atoms. The van der Waals surface area contributed by atoms with Gasteiger partial charge < -0.3 is 4.74 Å². The molecule has 3 fully saturated rings. The van der Waals surface area contributed by atoms with Crippen LogP contribution in [0.2, 0.25) is 0 Å². The van der Waals surface area contributed by atoms with Gasteiger partial charge in [0.15, 0.2) is 0 Å². The van der Waals surface area contributed by atoms with Crippen molar-refractivity contribution in [3.8, 4) is 0 Å². The molecule has 0 aromatic heterocycles. The largest absolute Gasteiger partial charge is 0.462 e. The fraction of sp³-hybridized carbons (Fsp3) is 0.903. The molecule has 0 amide bonds. The van der Waals surface area contributed by atoms with Gasteiger partial charge in [-0.1, -0.05) is 72.5 Å². The first-order valence-corrected chi connectivity index (χ1v) is 14.6. The second kappa shape index (κ2) is 10.1. The average Bonchev–Trinajstić information content (AvgIpc) is 3.11. The lowest BCUT2D eigenvalue weighted by atomic mass is 9.47. The number of hydrogen-bond donors (Lipinski definition) is 0. The highest BCUT2D eigenvalue weighted by molar-refractivity contribution is 5.69. The van der Waals surface area contributed by atoms with E-state index in [0.717, 1.165) is 54.8 Å². The Kier molecular flexibility index (Phi) is 7.72. The minimum absolute atomic E-state index is 0.00772. The minimum Gasteiger partial charge on any atom is -0.462 e. The molecule has 0 aromatic carbocycles. The van der Waals surface area contributed by atoms with Crippen LogP contribution in [-0.2, 0) is 9.53 Å². The summed E-state index contributed by atoms with van der Waals surface area (Å²) >= 11 is 0. The zero-order valence-corrected chi connectivity index (χ0v) is 22.6. The number of esters is 1. The first-order valence-electron chi connectivity index (χ1n) is 14.6. The van der Waals surface area contributed by atoms with Gasteiger partial charge in [0.25, 0.3) is 0 Å². The number of fused-ring (bicyclic) bond motifs is 5. The lowest BCUT2D eigenvalue weighted by Crippen LogP contribution is -2.51. The third-order valence-corrected chi connectivity index (χ3v) is 11.0. The van der Waals surface area contributed by atoms with Crippen molar-refractivity contribution < 1.29 is 9.53 Å². The molecule has 8 atom stereocenters. The standard InChI is InChI=1S/C31H52O2/c1-7-9-29(32)33-24-16-18-30(5)23(20-24)12-13-25-27-15-14-26(22(4)11-8-10-21(2)3)31(27,6)19-17-28(25)30/h12,21-22,24-28H,7-11,13-20H2,1-6H3/t22-,24-,25-,26+,27-,28-,30-,31+/m0/s1. The van der Waals surface area contributed by atoms with Crippen molar-refractivity contribution in [2.45, 2.75) is 131 Å². The second-order valence-electron chi connectivity index (χ2n) is 13.4. The molecule has 0 N–H and O–H groups in total. The van der Waals surface area contributed by atoms with Gasteiger partial charge in [0.1, 0.15) is 6.10 Å². The SMILES string of the molecule is CCCC(=O)O[C@H]1CC[C@@]2(C)C(=CC[C@H]3[C@@H]4CC[C@H]([C@@H](C)CCCC(C)C)[C@@]4(C)CC[C@@H]32)C1. The number of hydrogen-bond acceptors (Lipinski definition) is 2. The van der Waals surface area contributed by atoms with Crippen molar-refractivity contribution in [1.82, 2.24) is 0 Å². The highest BCUT2D eigenvalue weighted by atomic mass is 16.5. The first-order chi connectivity index (χ1) is 15.7. The summed E-state index contributed by atoms with van der Waals surface area (Å²) in [4.78, 5) is 12.1. The number of ether oxygens (including phenoxy) is 1. The fourth-order valence-electron chi connectivity index (χ4n) is 9.20. The van der Waals surface area contributed by atoms with E-state index in [1.807, 2.05) is 0 Å². The Bertz CT molecular complexity index is 722. The molecule has 0 spiro atoms. The van der Waals surface area contributed by atoms with Gasteiger partial charge in [-0.2, -0.15) is 0 Å². The van der Waals surface area contributed by atoms with Crippen molar-refractivity contribution in [1.29, 1.82) is 0 Å². The molecule has 0 unspecified atom stereocenters. The van der Waals surface area contributed by atoms with Gasteiger partial charge in [-0.25, -0.2) is 0 Å². The van der Waals surface area contributed by atoms with E-state index in [1.54, 1.807) is 5.57 Å². The maximum absolute atomic E-state index is 12.1. The average molecular weight is 457 g/mol. The quantitative estimate of drug-likeness (QED) is 0.269. The third kappa shape index (κ3) is 4.84. The number of carbonyl (C=O) groups is 1. The smallest absolute Gasteiger partial charge is 0.306 e. The summed E-state index contributed by atoms with van der Waals surface area (Å²) in [7, 11) is 0. The monoisotopic (exact) mass is 456 g/mol. The van der Waals surface area contributed by atoms with E-state index in [1.165, 1.54) is 57.8 Å². The maximum atomic E-state index is 12.1. The van der Waals surface area contributed by atoms with Crippen LogP contribution in [0.4, 0.5) is 0 Å². The van der Waals surface area contributed by atoms with Crippen molar-refractivity contribution in [3.63, 3.8) is 0 Å². The molecule has 0 aliphatic heterocycles. The zero-order valence-electron chi connectivity index (χ0n) is 22.6. The zero-order chi connectivity index (χ0) is 23.8. The highest BCUT2D eigenvalue weighted by Gasteiger charge is 2.59. The molecule has 0 bridgehead atoms. The van der Waals surface area contributed by atoms with Gasteiger partial charge in [-0.15, -0.1) is 0 Å². The minimum atomic E-state index is 0.00772. The molecule has 0 radical (unpaired) electrons. The number of allylic oxidation sites excluding steroid dienone is 1. The molecular weight excluding hydrogens is 404 g/mol. The number of rotatable bonds is 8. The van der Waals surface area contributed by atoms with Crippen LogP contribution in [0.1, 0.15) is 125 Å². The molecule has 4 aliphatic carbocycles. The molecule has 4 rings (SSSR count). The van der Waals surface area contributed by atoms with Gasteiger partial charge in [0.05, 0.1) is 0 Å². The van der Waals surface area contributed by atoms with E-state index in [4.69, 9.17) is 4.74 Å². The van der Waals surface area contributed by atoms with E-state index in [-0.39, 0.29) is 12.1 Å². The predicted octanol–water partition coefficient (Wildman–Crippen LogP) is 8.74. The van der Waals surface area contributed by atoms with Crippen LogP contribution in [0.3, 0.4) is 0 Å². The Labute approximate surface area is 204 Å². The first kappa shape index (κ1) is 25.3. The normalized spacial score (nSPS) is 41.1. The van der Waals surface area contributed by atoms with Crippen LogP contribution in [0.15, 0.2) is 11.6 Å². The summed E-state index contributed by atoms with van der Waals surface area (Å²) in [5.74, 6) is 5.31. The Hall–Kier alpha value is -0.790. The van der Waals surface area contributed by atoms with Crippen molar-refractivity contribution in [2.24, 2.45) is 46.3 Å². The lowest BCUT2D eigenvalue weighted by Gasteiger charge is -2.58. The summed E-state index contributed by atoms with van der Waals surface area (Å²) in [5, 5.41) is 0. The Morgan fingerprint density at radius 2 is 1.85 bits per heavy atom. The lowest BCUT2D eigenvalue weighted by molar-refractivity contribution is -0.151. The molecule has 3 saturated carbocycles. The molecule has 0 heterocycles. The molecule has 0 aromatic rings. The summed E-state index contributed by atoms with van der Waals surface area (Å²) < 4.78 is 5.85. The van der Waals surface area contributed by atoms with Crippen molar-refractivity contribution in [2.75, 3.05) is 0 Å². The highest BCUT2D eigenvalue weighted by Crippen LogP contribution is 2.67. The molecular formula is C31H52O2. The summed E-state index contributed by atoms with van der Waals surface area (Å²) in [6.45, 7) is 14.6. The van der Waals surface area contributed by atoms with Gasteiger partial charge >= 0.3 is 5.97 Å². The van der Waals surface area contributed by atoms with Crippen LogP contribution in [-0.4, -0.2) is 12.1 Å². The molecule has 4 aliphatic rings. The van der Waals surface area contributed by atoms with Crippen LogP contribution in [0.25, 0.3) is 0 Å². The molecule has 2 nitrogen and oxygen atoms in total. The molecule has 2 heteroatoms. The van der Waals surface area contributed by atoms with Gasteiger partial charge in [-0.3, -0.25) is 4.79 Å². The van der Waals surface area contributed by atoms with Crippen LogP contribution < -0.4 is 0 Å². The van der Waals surface area contributed by atoms with Gasteiger partial charge in [0, 0.05) is 12.8 Å². The van der Waals surface area contributed by atoms with E-state index >= 15 is 0 Å². The Balaban J connectivity index is 1.43. The van der Waals surface area contributed by atoms with E-state index < -0.39 is 0 Å². The Morgan fingerprint density at radius 3 is 2.58 bits per heavy atom. The van der Waals surface area contributed by atoms with E-state index in [0.29, 0.717) is 17.3 Å². The molecule has 188 valence electrons. The van der Waals surface area contributed by atoms with Crippen LogP contribution in [0.5, 0.6) is 0 Å².